The van der Waals surface area contributed by atoms with Crippen molar-refractivity contribution in [2.45, 2.75) is 39.3 Å². The molecule has 2 aliphatic heterocycles. The van der Waals surface area contributed by atoms with Gasteiger partial charge < -0.3 is 4.90 Å². The SMILES string of the molecule is CC(=O)N1CCC2C1[C@@H](C(C)C)C(=O)N2S(C)(=O)=O. The first-order valence-electron chi connectivity index (χ1n) is 6.46. The lowest BCUT2D eigenvalue weighted by atomic mass is 9.88. The van der Waals surface area contributed by atoms with E-state index < -0.39 is 22.0 Å². The van der Waals surface area contributed by atoms with Crippen LogP contribution in [-0.4, -0.2) is 54.3 Å². The van der Waals surface area contributed by atoms with Gasteiger partial charge in [0.25, 0.3) is 0 Å². The molecule has 0 N–H and O–H groups in total. The Hall–Kier alpha value is -1.11. The van der Waals surface area contributed by atoms with Crippen molar-refractivity contribution in [3.8, 4) is 0 Å². The molecule has 0 aromatic carbocycles. The van der Waals surface area contributed by atoms with Crippen molar-refractivity contribution in [3.63, 3.8) is 0 Å². The number of sulfonamides is 1. The molecule has 0 aromatic rings. The number of hydrogen-bond acceptors (Lipinski definition) is 4. The van der Waals surface area contributed by atoms with E-state index in [1.54, 1.807) is 4.90 Å². The van der Waals surface area contributed by atoms with Crippen molar-refractivity contribution in [1.82, 2.24) is 9.21 Å². The van der Waals surface area contributed by atoms with Gasteiger partial charge in [-0.2, -0.15) is 0 Å². The van der Waals surface area contributed by atoms with Gasteiger partial charge in [-0.1, -0.05) is 13.8 Å². The Morgan fingerprint density at radius 3 is 2.37 bits per heavy atom. The summed E-state index contributed by atoms with van der Waals surface area (Å²) in [6, 6.07) is -0.696. The van der Waals surface area contributed by atoms with E-state index in [4.69, 9.17) is 0 Å². The molecular weight excluding hydrogens is 268 g/mol. The molecule has 0 saturated carbocycles. The summed E-state index contributed by atoms with van der Waals surface area (Å²) in [5, 5.41) is 0. The highest BCUT2D eigenvalue weighted by Crippen LogP contribution is 2.41. The van der Waals surface area contributed by atoms with E-state index in [1.165, 1.54) is 6.92 Å². The van der Waals surface area contributed by atoms with Crippen LogP contribution >= 0.6 is 0 Å². The highest BCUT2D eigenvalue weighted by atomic mass is 32.2. The quantitative estimate of drug-likeness (QED) is 0.719. The largest absolute Gasteiger partial charge is 0.337 e. The third kappa shape index (κ3) is 2.13. The molecule has 6 nitrogen and oxygen atoms in total. The summed E-state index contributed by atoms with van der Waals surface area (Å²) in [6.07, 6.45) is 1.59. The molecule has 108 valence electrons. The molecule has 2 heterocycles. The Morgan fingerprint density at radius 2 is 1.95 bits per heavy atom. The molecule has 0 aromatic heterocycles. The van der Waals surface area contributed by atoms with Crippen LogP contribution < -0.4 is 0 Å². The van der Waals surface area contributed by atoms with Crippen LogP contribution in [0, 0.1) is 11.8 Å². The monoisotopic (exact) mass is 288 g/mol. The van der Waals surface area contributed by atoms with Crippen LogP contribution in [0.1, 0.15) is 27.2 Å². The fourth-order valence-corrected chi connectivity index (χ4v) is 4.57. The first-order chi connectivity index (χ1) is 8.66. The summed E-state index contributed by atoms with van der Waals surface area (Å²) in [7, 11) is -3.58. The topological polar surface area (TPSA) is 74.8 Å². The Labute approximate surface area is 113 Å². The minimum Gasteiger partial charge on any atom is -0.337 e. The van der Waals surface area contributed by atoms with Crippen molar-refractivity contribution < 1.29 is 18.0 Å². The molecule has 3 atom stereocenters. The Balaban J connectivity index is 2.46. The standard InChI is InChI=1S/C12H20N2O4S/c1-7(2)10-11-9(5-6-13(11)8(3)15)14(12(10)16)19(4,17)18/h7,9-11H,5-6H2,1-4H3/t9?,10-,11?/m1/s1. The smallest absolute Gasteiger partial charge is 0.241 e. The van der Waals surface area contributed by atoms with E-state index in [9.17, 15) is 18.0 Å². The Morgan fingerprint density at radius 1 is 1.37 bits per heavy atom. The molecule has 2 saturated heterocycles. The summed E-state index contributed by atoms with van der Waals surface area (Å²) in [4.78, 5) is 25.7. The summed E-state index contributed by atoms with van der Waals surface area (Å²) in [5.41, 5.74) is 0. The highest BCUT2D eigenvalue weighted by Gasteiger charge is 2.57. The van der Waals surface area contributed by atoms with E-state index in [2.05, 4.69) is 0 Å². The predicted octanol–water partition coefficient (Wildman–Crippen LogP) is 0.0498. The normalized spacial score (nSPS) is 31.2. The van der Waals surface area contributed by atoms with E-state index in [-0.39, 0.29) is 23.8 Å². The maximum atomic E-state index is 12.4. The minimum absolute atomic E-state index is 0.00620. The molecule has 0 radical (unpaired) electrons. The van der Waals surface area contributed by atoms with E-state index in [1.807, 2.05) is 13.8 Å². The van der Waals surface area contributed by atoms with Crippen LogP contribution in [0.15, 0.2) is 0 Å². The maximum absolute atomic E-state index is 12.4. The van der Waals surface area contributed by atoms with Crippen LogP contribution in [-0.2, 0) is 19.6 Å². The average molecular weight is 288 g/mol. The summed E-state index contributed by atoms with van der Waals surface area (Å²) in [5.74, 6) is -0.877. The van der Waals surface area contributed by atoms with Gasteiger partial charge in [0.15, 0.2) is 0 Å². The zero-order valence-electron chi connectivity index (χ0n) is 11.7. The Kier molecular flexibility index (Phi) is 3.36. The molecule has 0 bridgehead atoms. The second kappa shape index (κ2) is 4.47. The molecule has 2 rings (SSSR count). The van der Waals surface area contributed by atoms with Crippen LogP contribution in [0.2, 0.25) is 0 Å². The number of nitrogens with zero attached hydrogens (tertiary/aromatic N) is 2. The predicted molar refractivity (Wildman–Crippen MR) is 69.6 cm³/mol. The van der Waals surface area contributed by atoms with Crippen LogP contribution in [0.3, 0.4) is 0 Å². The van der Waals surface area contributed by atoms with Gasteiger partial charge in [0.05, 0.1) is 24.3 Å². The molecular formula is C12H20N2O4S. The lowest BCUT2D eigenvalue weighted by molar-refractivity contribution is -0.133. The number of rotatable bonds is 2. The van der Waals surface area contributed by atoms with Crippen molar-refractivity contribution >= 4 is 21.8 Å². The zero-order chi connectivity index (χ0) is 14.5. The fraction of sp³-hybridized carbons (Fsp3) is 0.833. The van der Waals surface area contributed by atoms with Gasteiger partial charge in [-0.15, -0.1) is 0 Å². The number of fused-ring (bicyclic) bond motifs is 1. The van der Waals surface area contributed by atoms with Crippen molar-refractivity contribution in [2.75, 3.05) is 12.8 Å². The average Bonchev–Trinajstić information content (AvgIpc) is 2.70. The summed E-state index contributed by atoms with van der Waals surface area (Å²) in [6.45, 7) is 5.77. The molecule has 0 aliphatic carbocycles. The van der Waals surface area contributed by atoms with Crippen molar-refractivity contribution in [2.24, 2.45) is 11.8 Å². The number of carbonyl (C=O) groups excluding carboxylic acids is 2. The number of likely N-dealkylation sites (tertiary alicyclic amines) is 1. The van der Waals surface area contributed by atoms with Crippen molar-refractivity contribution in [1.29, 1.82) is 0 Å². The second-order valence-electron chi connectivity index (χ2n) is 5.73. The third-order valence-corrected chi connectivity index (χ3v) is 5.24. The number of amides is 2. The summed E-state index contributed by atoms with van der Waals surface area (Å²) < 4.78 is 24.7. The molecule has 2 unspecified atom stereocenters. The zero-order valence-corrected chi connectivity index (χ0v) is 12.5. The number of hydrogen-bond donors (Lipinski definition) is 0. The number of carbonyl (C=O) groups is 2. The Bertz CT molecular complexity index is 514. The molecule has 19 heavy (non-hydrogen) atoms. The van der Waals surface area contributed by atoms with Crippen LogP contribution in [0.5, 0.6) is 0 Å². The fourth-order valence-electron chi connectivity index (χ4n) is 3.40. The van der Waals surface area contributed by atoms with E-state index in [0.29, 0.717) is 13.0 Å². The van der Waals surface area contributed by atoms with Gasteiger partial charge in [-0.3, -0.25) is 9.59 Å². The molecule has 2 amide bonds. The minimum atomic E-state index is -3.58. The van der Waals surface area contributed by atoms with Crippen molar-refractivity contribution in [3.05, 3.63) is 0 Å². The first-order valence-corrected chi connectivity index (χ1v) is 8.31. The maximum Gasteiger partial charge on any atom is 0.241 e. The third-order valence-electron chi connectivity index (χ3n) is 4.07. The van der Waals surface area contributed by atoms with Gasteiger partial charge >= 0.3 is 0 Å². The van der Waals surface area contributed by atoms with Gasteiger partial charge in [-0.05, 0) is 12.3 Å². The van der Waals surface area contributed by atoms with E-state index >= 15 is 0 Å². The van der Waals surface area contributed by atoms with Crippen LogP contribution in [0.4, 0.5) is 0 Å². The van der Waals surface area contributed by atoms with Gasteiger partial charge in [0.1, 0.15) is 0 Å². The van der Waals surface area contributed by atoms with Crippen LogP contribution in [0.25, 0.3) is 0 Å². The molecule has 7 heteroatoms. The van der Waals surface area contributed by atoms with Gasteiger partial charge in [0.2, 0.25) is 21.8 Å². The lowest BCUT2D eigenvalue weighted by Crippen LogP contribution is -2.43. The molecule has 2 aliphatic rings. The molecule has 0 spiro atoms. The van der Waals surface area contributed by atoms with E-state index in [0.717, 1.165) is 10.6 Å². The first kappa shape index (κ1) is 14.3. The second-order valence-corrected chi connectivity index (χ2v) is 7.59. The van der Waals surface area contributed by atoms with Gasteiger partial charge in [-0.25, -0.2) is 12.7 Å². The summed E-state index contributed by atoms with van der Waals surface area (Å²) >= 11 is 0. The van der Waals surface area contributed by atoms with Gasteiger partial charge in [0, 0.05) is 13.5 Å². The molecule has 2 fully saturated rings. The lowest BCUT2D eigenvalue weighted by Gasteiger charge is -2.28. The highest BCUT2D eigenvalue weighted by molar-refractivity contribution is 7.88.